The van der Waals surface area contributed by atoms with Crippen LogP contribution in [-0.2, 0) is 9.47 Å². The Morgan fingerprint density at radius 2 is 2.08 bits per heavy atom. The van der Waals surface area contributed by atoms with Crippen LogP contribution in [0.3, 0.4) is 0 Å². The lowest BCUT2D eigenvalue weighted by molar-refractivity contribution is 0.0770. The quantitative estimate of drug-likeness (QED) is 0.482. The van der Waals surface area contributed by atoms with Gasteiger partial charge in [-0.25, -0.2) is 0 Å². The van der Waals surface area contributed by atoms with Gasteiger partial charge >= 0.3 is 0 Å². The van der Waals surface area contributed by atoms with Crippen molar-refractivity contribution in [1.82, 2.24) is 5.32 Å². The van der Waals surface area contributed by atoms with Crippen molar-refractivity contribution in [1.29, 1.82) is 0 Å². The summed E-state index contributed by atoms with van der Waals surface area (Å²) < 4.78 is 10.4. The summed E-state index contributed by atoms with van der Waals surface area (Å²) in [5.74, 6) is 0.565. The lowest BCUT2D eigenvalue weighted by Crippen LogP contribution is -2.37. The van der Waals surface area contributed by atoms with Crippen molar-refractivity contribution >= 4 is 11.6 Å². The predicted molar refractivity (Wildman–Crippen MR) is 55.5 cm³/mol. The van der Waals surface area contributed by atoms with Gasteiger partial charge in [-0.1, -0.05) is 0 Å². The molecule has 1 N–H and O–H groups in total. The molecule has 13 heavy (non-hydrogen) atoms. The summed E-state index contributed by atoms with van der Waals surface area (Å²) in [6.07, 6.45) is 0.290. The van der Waals surface area contributed by atoms with Crippen LogP contribution in [0.25, 0.3) is 0 Å². The number of halogens is 1. The van der Waals surface area contributed by atoms with Gasteiger partial charge in [0.15, 0.2) is 0 Å². The lowest BCUT2D eigenvalue weighted by Gasteiger charge is -2.15. The number of nitrogens with one attached hydrogen (secondary N) is 1. The van der Waals surface area contributed by atoms with Crippen molar-refractivity contribution in [3.8, 4) is 0 Å². The highest BCUT2D eigenvalue weighted by Gasteiger charge is 2.04. The lowest BCUT2D eigenvalue weighted by atomic mass is 10.3. The van der Waals surface area contributed by atoms with Crippen LogP contribution >= 0.6 is 11.6 Å². The Kier molecular flexibility index (Phi) is 8.87. The molecule has 1 atom stereocenters. The summed E-state index contributed by atoms with van der Waals surface area (Å²) in [7, 11) is 1.67. The van der Waals surface area contributed by atoms with E-state index >= 15 is 0 Å². The molecular formula is C9H20ClNO2. The zero-order valence-electron chi connectivity index (χ0n) is 8.68. The van der Waals surface area contributed by atoms with Gasteiger partial charge in [0.2, 0.25) is 0 Å². The largest absolute Gasteiger partial charge is 0.383 e. The molecule has 0 rings (SSSR count). The molecule has 0 bridgehead atoms. The monoisotopic (exact) mass is 209 g/mol. The molecule has 0 fully saturated rings. The molecule has 3 nitrogen and oxygen atoms in total. The van der Waals surface area contributed by atoms with E-state index in [0.29, 0.717) is 18.6 Å². The van der Waals surface area contributed by atoms with Gasteiger partial charge in [-0.3, -0.25) is 0 Å². The molecule has 0 amide bonds. The summed E-state index contributed by atoms with van der Waals surface area (Å²) in [6.45, 7) is 6.22. The topological polar surface area (TPSA) is 30.5 Å². The molecule has 0 aromatic carbocycles. The Balaban J connectivity index is 3.27. The van der Waals surface area contributed by atoms with Gasteiger partial charge in [0.1, 0.15) is 0 Å². The molecule has 0 radical (unpaired) electrons. The summed E-state index contributed by atoms with van der Waals surface area (Å²) >= 11 is 5.70. The molecule has 1 unspecified atom stereocenters. The van der Waals surface area contributed by atoms with Crippen LogP contribution < -0.4 is 5.32 Å². The van der Waals surface area contributed by atoms with Crippen LogP contribution in [0.5, 0.6) is 0 Å². The summed E-state index contributed by atoms with van der Waals surface area (Å²) in [6, 6.07) is 0.224. The molecule has 0 saturated carbocycles. The average Bonchev–Trinajstić information content (AvgIpc) is 2.10. The van der Waals surface area contributed by atoms with Gasteiger partial charge in [-0.05, 0) is 13.8 Å². The molecule has 0 saturated heterocycles. The maximum atomic E-state index is 5.70. The van der Waals surface area contributed by atoms with Crippen molar-refractivity contribution in [2.75, 3.05) is 32.7 Å². The van der Waals surface area contributed by atoms with E-state index in [-0.39, 0.29) is 6.04 Å². The van der Waals surface area contributed by atoms with Crippen LogP contribution in [0.2, 0.25) is 0 Å². The Morgan fingerprint density at radius 1 is 1.38 bits per heavy atom. The van der Waals surface area contributed by atoms with Gasteiger partial charge in [0.05, 0.1) is 19.3 Å². The highest BCUT2D eigenvalue weighted by molar-refractivity contribution is 6.18. The van der Waals surface area contributed by atoms with Gasteiger partial charge < -0.3 is 14.8 Å². The predicted octanol–water partition coefficient (Wildman–Crippen LogP) is 1.25. The van der Waals surface area contributed by atoms with Crippen LogP contribution in [0, 0.1) is 0 Å². The normalized spacial score (nSPS) is 13.6. The molecule has 0 heterocycles. The minimum atomic E-state index is 0.224. The van der Waals surface area contributed by atoms with Crippen LogP contribution in [-0.4, -0.2) is 44.9 Å². The first-order valence-electron chi connectivity index (χ1n) is 4.60. The highest BCUT2D eigenvalue weighted by atomic mass is 35.5. The zero-order valence-corrected chi connectivity index (χ0v) is 9.43. The maximum Gasteiger partial charge on any atom is 0.0627 e. The minimum absolute atomic E-state index is 0.224. The number of rotatable bonds is 8. The van der Waals surface area contributed by atoms with Crippen molar-refractivity contribution < 1.29 is 9.47 Å². The molecule has 4 heteroatoms. The van der Waals surface area contributed by atoms with E-state index in [9.17, 15) is 0 Å². The van der Waals surface area contributed by atoms with Crippen LogP contribution in [0.1, 0.15) is 13.8 Å². The molecule has 0 aliphatic rings. The second-order valence-corrected chi connectivity index (χ2v) is 3.49. The molecule has 0 aromatic heterocycles. The van der Waals surface area contributed by atoms with Gasteiger partial charge in [0.25, 0.3) is 0 Å². The smallest absolute Gasteiger partial charge is 0.0627 e. The molecule has 0 spiro atoms. The first-order valence-corrected chi connectivity index (χ1v) is 5.14. The third-order valence-electron chi connectivity index (χ3n) is 1.54. The SMILES string of the molecule is COCC(CCl)NCCOC(C)C. The number of alkyl halides is 1. The van der Waals surface area contributed by atoms with Crippen molar-refractivity contribution in [2.45, 2.75) is 26.0 Å². The molecule has 0 aliphatic heterocycles. The van der Waals surface area contributed by atoms with Gasteiger partial charge in [0, 0.05) is 25.6 Å². The van der Waals surface area contributed by atoms with Crippen molar-refractivity contribution in [3.63, 3.8) is 0 Å². The van der Waals surface area contributed by atoms with Gasteiger partial charge in [-0.2, -0.15) is 0 Å². The molecular weight excluding hydrogens is 190 g/mol. The Labute approximate surface area is 85.7 Å². The second-order valence-electron chi connectivity index (χ2n) is 3.18. The fraction of sp³-hybridized carbons (Fsp3) is 1.00. The molecule has 80 valence electrons. The first kappa shape index (κ1) is 13.2. The second kappa shape index (κ2) is 8.75. The third-order valence-corrected chi connectivity index (χ3v) is 1.91. The molecule has 0 aliphatic carbocycles. The fourth-order valence-corrected chi connectivity index (χ4v) is 1.12. The van der Waals surface area contributed by atoms with E-state index < -0.39 is 0 Å². The third kappa shape index (κ3) is 8.50. The van der Waals surface area contributed by atoms with E-state index in [1.165, 1.54) is 0 Å². The minimum Gasteiger partial charge on any atom is -0.383 e. The molecule has 0 aromatic rings. The Morgan fingerprint density at radius 3 is 2.54 bits per heavy atom. The van der Waals surface area contributed by atoms with Crippen LogP contribution in [0.15, 0.2) is 0 Å². The number of hydrogen-bond acceptors (Lipinski definition) is 3. The van der Waals surface area contributed by atoms with E-state index in [4.69, 9.17) is 21.1 Å². The van der Waals surface area contributed by atoms with Crippen molar-refractivity contribution in [2.24, 2.45) is 0 Å². The fourth-order valence-electron chi connectivity index (χ4n) is 0.917. The number of ether oxygens (including phenoxy) is 2. The van der Waals surface area contributed by atoms with E-state index in [1.807, 2.05) is 13.8 Å². The van der Waals surface area contributed by atoms with E-state index in [2.05, 4.69) is 5.32 Å². The van der Waals surface area contributed by atoms with Crippen LogP contribution in [0.4, 0.5) is 0 Å². The number of hydrogen-bond donors (Lipinski definition) is 1. The van der Waals surface area contributed by atoms with E-state index in [0.717, 1.165) is 13.2 Å². The maximum absolute atomic E-state index is 5.70. The van der Waals surface area contributed by atoms with E-state index in [1.54, 1.807) is 7.11 Å². The first-order chi connectivity index (χ1) is 6.20. The Bertz CT molecular complexity index is 112. The van der Waals surface area contributed by atoms with Crippen molar-refractivity contribution in [3.05, 3.63) is 0 Å². The summed E-state index contributed by atoms with van der Waals surface area (Å²) in [5, 5.41) is 3.24. The zero-order chi connectivity index (χ0) is 10.1. The average molecular weight is 210 g/mol. The summed E-state index contributed by atoms with van der Waals surface area (Å²) in [4.78, 5) is 0. The summed E-state index contributed by atoms with van der Waals surface area (Å²) in [5.41, 5.74) is 0. The highest BCUT2D eigenvalue weighted by Crippen LogP contribution is 1.90. The standard InChI is InChI=1S/C9H20ClNO2/c1-8(2)13-5-4-11-9(6-10)7-12-3/h8-9,11H,4-7H2,1-3H3. The Hall–Kier alpha value is 0.170. The van der Waals surface area contributed by atoms with Gasteiger partial charge in [-0.15, -0.1) is 11.6 Å². The number of methoxy groups -OCH3 is 1.